The first-order chi connectivity index (χ1) is 8.00. The summed E-state index contributed by atoms with van der Waals surface area (Å²) >= 11 is 0. The van der Waals surface area contributed by atoms with E-state index in [1.165, 1.54) is 5.56 Å². The van der Waals surface area contributed by atoms with Gasteiger partial charge in [0.05, 0.1) is 6.10 Å². The van der Waals surface area contributed by atoms with Gasteiger partial charge in [-0.25, -0.2) is 0 Å². The predicted molar refractivity (Wildman–Crippen MR) is 73.1 cm³/mol. The van der Waals surface area contributed by atoms with Crippen molar-refractivity contribution in [3.05, 3.63) is 35.4 Å². The lowest BCUT2D eigenvalue weighted by molar-refractivity contribution is 0.145. The van der Waals surface area contributed by atoms with Gasteiger partial charge in [-0.2, -0.15) is 0 Å². The van der Waals surface area contributed by atoms with Crippen LogP contribution < -0.4 is 0 Å². The van der Waals surface area contributed by atoms with Crippen molar-refractivity contribution in [2.45, 2.75) is 33.3 Å². The summed E-state index contributed by atoms with van der Waals surface area (Å²) in [5.74, 6) is 0.676. The molecule has 2 nitrogen and oxygen atoms in total. The Labute approximate surface area is 105 Å². The number of benzene rings is 1. The molecule has 1 atom stereocenters. The highest BCUT2D eigenvalue weighted by Crippen LogP contribution is 2.20. The normalized spacial score (nSPS) is 13.4. The minimum absolute atomic E-state index is 0.342. The minimum atomic E-state index is -0.342. The average molecular weight is 235 g/mol. The van der Waals surface area contributed by atoms with Crippen molar-refractivity contribution < 1.29 is 5.11 Å². The number of hydrogen-bond acceptors (Lipinski definition) is 2. The second kappa shape index (κ2) is 6.77. The molecule has 0 aliphatic rings. The fourth-order valence-electron chi connectivity index (χ4n) is 2.17. The van der Waals surface area contributed by atoms with E-state index in [-0.39, 0.29) is 6.10 Å². The zero-order valence-electron chi connectivity index (χ0n) is 11.5. The van der Waals surface area contributed by atoms with Gasteiger partial charge in [0.2, 0.25) is 0 Å². The van der Waals surface area contributed by atoms with Crippen LogP contribution in [-0.2, 0) is 0 Å². The van der Waals surface area contributed by atoms with Gasteiger partial charge >= 0.3 is 0 Å². The Hall–Kier alpha value is -0.860. The van der Waals surface area contributed by atoms with E-state index in [9.17, 15) is 5.11 Å². The largest absolute Gasteiger partial charge is 0.388 e. The van der Waals surface area contributed by atoms with Crippen LogP contribution in [0.5, 0.6) is 0 Å². The second-order valence-corrected chi connectivity index (χ2v) is 5.32. The summed E-state index contributed by atoms with van der Waals surface area (Å²) in [4.78, 5) is 2.28. The summed E-state index contributed by atoms with van der Waals surface area (Å²) in [6.45, 7) is 8.51. The van der Waals surface area contributed by atoms with Gasteiger partial charge in [0.25, 0.3) is 0 Å². The van der Waals surface area contributed by atoms with Crippen LogP contribution in [0, 0.1) is 12.8 Å². The van der Waals surface area contributed by atoms with Crippen LogP contribution in [0.15, 0.2) is 24.3 Å². The number of aliphatic hydroxyl groups excluding tert-OH is 1. The van der Waals surface area contributed by atoms with Crippen molar-refractivity contribution in [2.75, 3.05) is 20.1 Å². The first kappa shape index (κ1) is 14.2. The van der Waals surface area contributed by atoms with Gasteiger partial charge in [-0.15, -0.1) is 0 Å². The molecule has 96 valence electrons. The lowest BCUT2D eigenvalue weighted by Gasteiger charge is -2.21. The Morgan fingerprint density at radius 2 is 1.88 bits per heavy atom. The third-order valence-corrected chi connectivity index (χ3v) is 3.01. The molecule has 0 bridgehead atoms. The average Bonchev–Trinajstić information content (AvgIpc) is 2.25. The molecule has 1 unspecified atom stereocenters. The van der Waals surface area contributed by atoms with Gasteiger partial charge in [0, 0.05) is 13.1 Å². The molecule has 0 aliphatic carbocycles. The molecule has 2 heteroatoms. The Bertz CT molecular complexity index is 335. The van der Waals surface area contributed by atoms with E-state index < -0.39 is 0 Å². The van der Waals surface area contributed by atoms with E-state index in [4.69, 9.17) is 0 Å². The molecule has 1 rings (SSSR count). The minimum Gasteiger partial charge on any atom is -0.388 e. The van der Waals surface area contributed by atoms with E-state index in [0.29, 0.717) is 5.92 Å². The van der Waals surface area contributed by atoms with Crippen molar-refractivity contribution in [3.63, 3.8) is 0 Å². The van der Waals surface area contributed by atoms with Crippen molar-refractivity contribution in [2.24, 2.45) is 5.92 Å². The molecule has 17 heavy (non-hydrogen) atoms. The molecule has 1 N–H and O–H groups in total. The maximum Gasteiger partial charge on any atom is 0.0804 e. The molecule has 0 aliphatic heterocycles. The van der Waals surface area contributed by atoms with E-state index in [1.54, 1.807) is 0 Å². The van der Waals surface area contributed by atoms with Crippen LogP contribution in [0.3, 0.4) is 0 Å². The molecule has 1 aromatic carbocycles. The van der Waals surface area contributed by atoms with Crippen LogP contribution in [0.4, 0.5) is 0 Å². The Balaban J connectivity index is 2.45. The lowest BCUT2D eigenvalue weighted by atomic mass is 10.0. The molecule has 0 saturated carbocycles. The van der Waals surface area contributed by atoms with Gasteiger partial charge in [-0.3, -0.25) is 0 Å². The molecule has 0 amide bonds. The topological polar surface area (TPSA) is 23.5 Å². The highest BCUT2D eigenvalue weighted by molar-refractivity contribution is 5.27. The zero-order chi connectivity index (χ0) is 12.8. The van der Waals surface area contributed by atoms with Crippen LogP contribution >= 0.6 is 0 Å². The fraction of sp³-hybridized carbons (Fsp3) is 0.600. The summed E-state index contributed by atoms with van der Waals surface area (Å²) in [6, 6.07) is 8.07. The molecule has 0 spiro atoms. The van der Waals surface area contributed by atoms with Crippen molar-refractivity contribution >= 4 is 0 Å². The second-order valence-electron chi connectivity index (χ2n) is 5.32. The molecule has 0 radical (unpaired) electrons. The Morgan fingerprint density at radius 3 is 2.47 bits per heavy atom. The van der Waals surface area contributed by atoms with Gasteiger partial charge in [0.15, 0.2) is 0 Å². The monoisotopic (exact) mass is 235 g/mol. The smallest absolute Gasteiger partial charge is 0.0804 e. The fourth-order valence-corrected chi connectivity index (χ4v) is 2.17. The summed E-state index contributed by atoms with van der Waals surface area (Å²) in [5.41, 5.74) is 2.23. The standard InChI is InChI=1S/C15H25NO/c1-12(2)11-16(4)10-9-15(17)14-8-6-5-7-13(14)3/h5-8,12,15,17H,9-11H2,1-4H3. The van der Waals surface area contributed by atoms with E-state index in [2.05, 4.69) is 38.8 Å². The van der Waals surface area contributed by atoms with Gasteiger partial charge < -0.3 is 10.0 Å². The summed E-state index contributed by atoms with van der Waals surface area (Å²) in [6.07, 6.45) is 0.458. The Morgan fingerprint density at radius 1 is 1.24 bits per heavy atom. The maximum absolute atomic E-state index is 10.2. The van der Waals surface area contributed by atoms with Gasteiger partial charge in [-0.05, 0) is 37.4 Å². The highest BCUT2D eigenvalue weighted by atomic mass is 16.3. The maximum atomic E-state index is 10.2. The van der Waals surface area contributed by atoms with Gasteiger partial charge in [0.1, 0.15) is 0 Å². The number of hydrogen-bond donors (Lipinski definition) is 1. The number of rotatable bonds is 6. The van der Waals surface area contributed by atoms with Crippen LogP contribution in [0.1, 0.15) is 37.5 Å². The van der Waals surface area contributed by atoms with Crippen LogP contribution in [0.2, 0.25) is 0 Å². The Kier molecular flexibility index (Phi) is 5.66. The summed E-state index contributed by atoms with van der Waals surface area (Å²) < 4.78 is 0. The third kappa shape index (κ3) is 4.88. The SMILES string of the molecule is Cc1ccccc1C(O)CCN(C)CC(C)C. The van der Waals surface area contributed by atoms with Gasteiger partial charge in [-0.1, -0.05) is 38.1 Å². The first-order valence-electron chi connectivity index (χ1n) is 6.43. The third-order valence-electron chi connectivity index (χ3n) is 3.01. The number of aliphatic hydroxyl groups is 1. The van der Waals surface area contributed by atoms with Crippen molar-refractivity contribution in [1.82, 2.24) is 4.90 Å². The van der Waals surface area contributed by atoms with Crippen LogP contribution in [0.25, 0.3) is 0 Å². The van der Waals surface area contributed by atoms with Crippen LogP contribution in [-0.4, -0.2) is 30.1 Å². The lowest BCUT2D eigenvalue weighted by Crippen LogP contribution is -2.25. The molecular weight excluding hydrogens is 210 g/mol. The van der Waals surface area contributed by atoms with E-state index in [1.807, 2.05) is 18.2 Å². The van der Waals surface area contributed by atoms with Crippen molar-refractivity contribution in [3.8, 4) is 0 Å². The van der Waals surface area contributed by atoms with Crippen molar-refractivity contribution in [1.29, 1.82) is 0 Å². The van der Waals surface area contributed by atoms with E-state index >= 15 is 0 Å². The zero-order valence-corrected chi connectivity index (χ0v) is 11.5. The van der Waals surface area contributed by atoms with E-state index in [0.717, 1.165) is 25.1 Å². The molecule has 1 aromatic rings. The highest BCUT2D eigenvalue weighted by Gasteiger charge is 2.11. The number of aryl methyl sites for hydroxylation is 1. The molecular formula is C15H25NO. The summed E-state index contributed by atoms with van der Waals surface area (Å²) in [5, 5.41) is 10.2. The molecule has 0 saturated heterocycles. The molecule has 0 heterocycles. The first-order valence-corrected chi connectivity index (χ1v) is 6.43. The quantitative estimate of drug-likeness (QED) is 0.819. The number of nitrogens with zero attached hydrogens (tertiary/aromatic N) is 1. The molecule has 0 aromatic heterocycles. The molecule has 0 fully saturated rings. The predicted octanol–water partition coefficient (Wildman–Crippen LogP) is 3.01. The summed E-state index contributed by atoms with van der Waals surface area (Å²) in [7, 11) is 2.12.